The molecule has 5 nitrogen and oxygen atoms in total. The zero-order valence-corrected chi connectivity index (χ0v) is 15.7. The van der Waals surface area contributed by atoms with Crippen LogP contribution in [0.3, 0.4) is 0 Å². The summed E-state index contributed by atoms with van der Waals surface area (Å²) in [5.74, 6) is 0.544. The molecule has 0 atom stereocenters. The third-order valence-corrected chi connectivity index (χ3v) is 4.71. The molecule has 1 amide bonds. The number of benzene rings is 2. The SMILES string of the molecule is Cc1ccc(NC(=O)c2ccnc(NCCc3c[nH]c4ccccc34)c2)cc1. The minimum Gasteiger partial charge on any atom is -0.370 e. The van der Waals surface area contributed by atoms with Gasteiger partial charge in [-0.25, -0.2) is 4.98 Å². The number of aromatic amines is 1. The van der Waals surface area contributed by atoms with Gasteiger partial charge in [-0.15, -0.1) is 0 Å². The lowest BCUT2D eigenvalue weighted by Gasteiger charge is -2.08. The number of para-hydroxylation sites is 1. The average molecular weight is 370 g/mol. The van der Waals surface area contributed by atoms with Crippen LogP contribution in [0.15, 0.2) is 73.1 Å². The van der Waals surface area contributed by atoms with Crippen molar-refractivity contribution in [1.29, 1.82) is 0 Å². The van der Waals surface area contributed by atoms with E-state index >= 15 is 0 Å². The number of nitrogens with one attached hydrogen (secondary N) is 3. The summed E-state index contributed by atoms with van der Waals surface area (Å²) in [7, 11) is 0. The van der Waals surface area contributed by atoms with Crippen LogP contribution in [0.2, 0.25) is 0 Å². The van der Waals surface area contributed by atoms with Crippen molar-refractivity contribution < 1.29 is 4.79 Å². The lowest BCUT2D eigenvalue weighted by atomic mass is 10.1. The fraction of sp³-hybridized carbons (Fsp3) is 0.130. The summed E-state index contributed by atoms with van der Waals surface area (Å²) in [6, 6.07) is 19.5. The van der Waals surface area contributed by atoms with Crippen LogP contribution >= 0.6 is 0 Å². The van der Waals surface area contributed by atoms with Gasteiger partial charge >= 0.3 is 0 Å². The van der Waals surface area contributed by atoms with Gasteiger partial charge in [0.15, 0.2) is 0 Å². The van der Waals surface area contributed by atoms with Crippen molar-refractivity contribution in [3.63, 3.8) is 0 Å². The molecule has 0 aliphatic heterocycles. The Kier molecular flexibility index (Phi) is 5.06. The van der Waals surface area contributed by atoms with Crippen molar-refractivity contribution >= 4 is 28.3 Å². The Bertz CT molecular complexity index is 1100. The van der Waals surface area contributed by atoms with Crippen LogP contribution in [-0.4, -0.2) is 22.4 Å². The smallest absolute Gasteiger partial charge is 0.255 e. The summed E-state index contributed by atoms with van der Waals surface area (Å²) in [5, 5.41) is 7.46. The van der Waals surface area contributed by atoms with E-state index in [0.29, 0.717) is 11.4 Å². The van der Waals surface area contributed by atoms with Crippen molar-refractivity contribution in [2.24, 2.45) is 0 Å². The van der Waals surface area contributed by atoms with Gasteiger partial charge in [0.2, 0.25) is 0 Å². The van der Waals surface area contributed by atoms with Gasteiger partial charge in [0, 0.05) is 41.1 Å². The van der Waals surface area contributed by atoms with Crippen molar-refractivity contribution in [3.8, 4) is 0 Å². The molecule has 28 heavy (non-hydrogen) atoms. The van der Waals surface area contributed by atoms with Gasteiger partial charge in [-0.3, -0.25) is 4.79 Å². The number of anilines is 2. The van der Waals surface area contributed by atoms with Gasteiger partial charge in [0.25, 0.3) is 5.91 Å². The lowest BCUT2D eigenvalue weighted by Crippen LogP contribution is -2.13. The van der Waals surface area contributed by atoms with Gasteiger partial charge in [0.05, 0.1) is 0 Å². The largest absolute Gasteiger partial charge is 0.370 e. The molecule has 0 bridgehead atoms. The second kappa shape index (κ2) is 7.96. The quantitative estimate of drug-likeness (QED) is 0.457. The van der Waals surface area contributed by atoms with Crippen molar-refractivity contribution in [3.05, 3.63) is 89.7 Å². The molecule has 4 rings (SSSR count). The van der Waals surface area contributed by atoms with Crippen molar-refractivity contribution in [2.45, 2.75) is 13.3 Å². The van der Waals surface area contributed by atoms with Crippen LogP contribution in [0.4, 0.5) is 11.5 Å². The maximum atomic E-state index is 12.5. The first-order valence-corrected chi connectivity index (χ1v) is 9.32. The van der Waals surface area contributed by atoms with E-state index in [1.165, 1.54) is 10.9 Å². The van der Waals surface area contributed by atoms with E-state index in [1.807, 2.05) is 49.5 Å². The number of hydrogen-bond donors (Lipinski definition) is 3. The highest BCUT2D eigenvalue weighted by Crippen LogP contribution is 2.18. The molecular weight excluding hydrogens is 348 g/mol. The summed E-state index contributed by atoms with van der Waals surface area (Å²) in [4.78, 5) is 20.1. The second-order valence-corrected chi connectivity index (χ2v) is 6.79. The molecule has 0 aliphatic carbocycles. The lowest BCUT2D eigenvalue weighted by molar-refractivity contribution is 0.102. The number of carbonyl (C=O) groups excluding carboxylic acids is 1. The zero-order valence-electron chi connectivity index (χ0n) is 15.7. The number of nitrogens with zero attached hydrogens (tertiary/aromatic N) is 1. The molecule has 3 N–H and O–H groups in total. The number of carbonyl (C=O) groups is 1. The normalized spacial score (nSPS) is 10.8. The Morgan fingerprint density at radius 1 is 1.07 bits per heavy atom. The number of H-pyrrole nitrogens is 1. The zero-order chi connectivity index (χ0) is 19.3. The topological polar surface area (TPSA) is 69.8 Å². The summed E-state index contributed by atoms with van der Waals surface area (Å²) in [6.45, 7) is 2.75. The first kappa shape index (κ1) is 17.8. The Morgan fingerprint density at radius 3 is 2.75 bits per heavy atom. The molecule has 0 aliphatic rings. The highest BCUT2D eigenvalue weighted by atomic mass is 16.1. The average Bonchev–Trinajstić information content (AvgIpc) is 3.13. The van der Waals surface area contributed by atoms with E-state index in [1.54, 1.807) is 18.3 Å². The molecule has 0 unspecified atom stereocenters. The standard InChI is InChI=1S/C23H22N4O/c1-16-6-8-19(9-7-16)27-23(28)17-10-12-24-22(14-17)25-13-11-18-15-26-21-5-3-2-4-20(18)21/h2-10,12,14-15,26H,11,13H2,1H3,(H,24,25)(H,27,28). The van der Waals surface area contributed by atoms with Crippen LogP contribution < -0.4 is 10.6 Å². The summed E-state index contributed by atoms with van der Waals surface area (Å²) in [6.07, 6.45) is 4.56. The molecule has 2 aromatic carbocycles. The monoisotopic (exact) mass is 370 g/mol. The number of fused-ring (bicyclic) bond motifs is 1. The minimum absolute atomic E-state index is 0.147. The number of amides is 1. The summed E-state index contributed by atoms with van der Waals surface area (Å²) in [5.41, 5.74) is 4.91. The Morgan fingerprint density at radius 2 is 1.89 bits per heavy atom. The van der Waals surface area contributed by atoms with Gasteiger partial charge in [-0.1, -0.05) is 35.9 Å². The third kappa shape index (κ3) is 4.04. The van der Waals surface area contributed by atoms with E-state index in [2.05, 4.69) is 32.7 Å². The van der Waals surface area contributed by atoms with Crippen LogP contribution in [0.25, 0.3) is 10.9 Å². The second-order valence-electron chi connectivity index (χ2n) is 6.79. The number of aryl methyl sites for hydroxylation is 1. The summed E-state index contributed by atoms with van der Waals surface area (Å²) < 4.78 is 0. The molecule has 0 saturated heterocycles. The minimum atomic E-state index is -0.147. The molecule has 0 saturated carbocycles. The van der Waals surface area contributed by atoms with Crippen molar-refractivity contribution in [1.82, 2.24) is 9.97 Å². The van der Waals surface area contributed by atoms with Gasteiger partial charge < -0.3 is 15.6 Å². The van der Waals surface area contributed by atoms with Crippen LogP contribution in [0.5, 0.6) is 0 Å². The van der Waals surface area contributed by atoms with E-state index in [-0.39, 0.29) is 5.91 Å². The van der Waals surface area contributed by atoms with E-state index < -0.39 is 0 Å². The van der Waals surface area contributed by atoms with Crippen LogP contribution in [-0.2, 0) is 6.42 Å². The van der Waals surface area contributed by atoms with Crippen molar-refractivity contribution in [2.75, 3.05) is 17.2 Å². The van der Waals surface area contributed by atoms with Crippen LogP contribution in [0.1, 0.15) is 21.5 Å². The fourth-order valence-corrected chi connectivity index (χ4v) is 3.17. The summed E-state index contributed by atoms with van der Waals surface area (Å²) >= 11 is 0. The third-order valence-electron chi connectivity index (χ3n) is 4.71. The maximum Gasteiger partial charge on any atom is 0.255 e. The Labute approximate surface area is 163 Å². The highest BCUT2D eigenvalue weighted by molar-refractivity contribution is 6.04. The molecule has 0 spiro atoms. The maximum absolute atomic E-state index is 12.5. The predicted molar refractivity (Wildman–Crippen MR) is 114 cm³/mol. The van der Waals surface area contributed by atoms with E-state index in [0.717, 1.165) is 29.7 Å². The molecule has 2 aromatic heterocycles. The number of rotatable bonds is 6. The highest BCUT2D eigenvalue weighted by Gasteiger charge is 2.08. The molecule has 140 valence electrons. The number of aromatic nitrogens is 2. The predicted octanol–water partition coefficient (Wildman–Crippen LogP) is 4.78. The first-order valence-electron chi connectivity index (χ1n) is 9.32. The Balaban J connectivity index is 1.38. The molecule has 0 radical (unpaired) electrons. The number of pyridine rings is 1. The van der Waals surface area contributed by atoms with E-state index in [9.17, 15) is 4.79 Å². The van der Waals surface area contributed by atoms with Crippen LogP contribution in [0, 0.1) is 6.92 Å². The molecule has 4 aromatic rings. The molecule has 5 heteroatoms. The van der Waals surface area contributed by atoms with Gasteiger partial charge in [0.1, 0.15) is 5.82 Å². The molecule has 0 fully saturated rings. The Hall–Kier alpha value is -3.60. The van der Waals surface area contributed by atoms with E-state index in [4.69, 9.17) is 0 Å². The first-order chi connectivity index (χ1) is 13.7. The van der Waals surface area contributed by atoms with Gasteiger partial charge in [-0.2, -0.15) is 0 Å². The number of hydrogen-bond acceptors (Lipinski definition) is 3. The van der Waals surface area contributed by atoms with Gasteiger partial charge in [-0.05, 0) is 49.2 Å². The molecule has 2 heterocycles. The fourth-order valence-electron chi connectivity index (χ4n) is 3.17. The molecular formula is C23H22N4O.